The molecular formula is C15H12ClN5O3S2. The molecule has 1 heterocycles. The zero-order valence-corrected chi connectivity index (χ0v) is 15.4. The first-order valence-electron chi connectivity index (χ1n) is 7.10. The van der Waals surface area contributed by atoms with Gasteiger partial charge in [-0.2, -0.15) is 0 Å². The van der Waals surface area contributed by atoms with Crippen molar-refractivity contribution in [3.63, 3.8) is 0 Å². The van der Waals surface area contributed by atoms with Crippen LogP contribution in [0.25, 0.3) is 10.9 Å². The van der Waals surface area contributed by atoms with Gasteiger partial charge >= 0.3 is 0 Å². The summed E-state index contributed by atoms with van der Waals surface area (Å²) >= 11 is 11.0. The number of thiocarbonyl (C=S) groups is 1. The molecule has 134 valence electrons. The van der Waals surface area contributed by atoms with E-state index >= 15 is 0 Å². The zero-order valence-electron chi connectivity index (χ0n) is 13.0. The van der Waals surface area contributed by atoms with Crippen LogP contribution >= 0.6 is 23.8 Å². The number of primary sulfonamides is 1. The predicted octanol–water partition coefficient (Wildman–Crippen LogP) is 3.66. The van der Waals surface area contributed by atoms with E-state index in [4.69, 9.17) is 29.0 Å². The average molecular weight is 410 g/mol. The summed E-state index contributed by atoms with van der Waals surface area (Å²) in [6, 6.07) is 10.8. The standard InChI is InChI=1S/C15H12ClN5O3S2/c16-8-4-5-11-12(6-8)19-14(22)13(11)20-21-15(25)18-9-2-1-3-10(7-9)26(17,23)24/h1-7,19,22H,(H,18,25)(H2,17,23,24). The molecule has 1 aromatic heterocycles. The second kappa shape index (κ2) is 7.00. The van der Waals surface area contributed by atoms with Gasteiger partial charge in [0, 0.05) is 16.1 Å². The highest BCUT2D eigenvalue weighted by Crippen LogP contribution is 2.36. The van der Waals surface area contributed by atoms with Gasteiger partial charge in [-0.3, -0.25) is 0 Å². The molecule has 0 aliphatic heterocycles. The van der Waals surface area contributed by atoms with Crippen LogP contribution in [0.15, 0.2) is 57.6 Å². The SMILES string of the molecule is NS(=O)(=O)c1cccc(NC(=S)N=Nc2c(O)[nH]c3cc(Cl)ccc23)c1. The number of hydrogen-bond acceptors (Lipinski definition) is 5. The molecule has 0 unspecified atom stereocenters. The fourth-order valence-electron chi connectivity index (χ4n) is 2.24. The van der Waals surface area contributed by atoms with Gasteiger partial charge in [-0.25, -0.2) is 13.6 Å². The third-order valence-corrected chi connectivity index (χ3v) is 4.70. The summed E-state index contributed by atoms with van der Waals surface area (Å²) in [6.45, 7) is 0. The Labute approximate surface area is 158 Å². The van der Waals surface area contributed by atoms with Gasteiger partial charge < -0.3 is 15.4 Å². The lowest BCUT2D eigenvalue weighted by Gasteiger charge is -2.05. The van der Waals surface area contributed by atoms with Crippen molar-refractivity contribution in [2.24, 2.45) is 15.4 Å². The monoisotopic (exact) mass is 409 g/mol. The number of aromatic amines is 1. The van der Waals surface area contributed by atoms with Crippen LogP contribution in [-0.4, -0.2) is 23.6 Å². The number of fused-ring (bicyclic) bond motifs is 1. The number of nitrogens with two attached hydrogens (primary N) is 1. The Morgan fingerprint density at radius 1 is 1.27 bits per heavy atom. The molecule has 0 saturated heterocycles. The molecule has 0 atom stereocenters. The van der Waals surface area contributed by atoms with Crippen LogP contribution in [0, 0.1) is 0 Å². The first-order chi connectivity index (χ1) is 12.2. The van der Waals surface area contributed by atoms with Crippen molar-refractivity contribution in [1.29, 1.82) is 0 Å². The fourth-order valence-corrected chi connectivity index (χ4v) is 3.13. The highest BCUT2D eigenvalue weighted by atomic mass is 35.5. The Kier molecular flexibility index (Phi) is 4.92. The number of halogens is 1. The van der Waals surface area contributed by atoms with E-state index in [1.54, 1.807) is 24.3 Å². The Bertz CT molecular complexity index is 1140. The van der Waals surface area contributed by atoms with E-state index < -0.39 is 10.0 Å². The Balaban J connectivity index is 1.82. The summed E-state index contributed by atoms with van der Waals surface area (Å²) in [6.07, 6.45) is 0. The van der Waals surface area contributed by atoms with Crippen molar-refractivity contribution in [2.45, 2.75) is 4.90 Å². The van der Waals surface area contributed by atoms with E-state index in [-0.39, 0.29) is 21.6 Å². The summed E-state index contributed by atoms with van der Waals surface area (Å²) in [5.41, 5.74) is 1.19. The summed E-state index contributed by atoms with van der Waals surface area (Å²) in [7, 11) is -3.83. The highest BCUT2D eigenvalue weighted by Gasteiger charge is 2.11. The van der Waals surface area contributed by atoms with Crippen LogP contribution in [0.3, 0.4) is 0 Å². The molecule has 0 radical (unpaired) electrons. The quantitative estimate of drug-likeness (QED) is 0.387. The van der Waals surface area contributed by atoms with Crippen molar-refractivity contribution in [1.82, 2.24) is 4.98 Å². The van der Waals surface area contributed by atoms with Crippen LogP contribution in [0.5, 0.6) is 5.88 Å². The number of azo groups is 1. The topological polar surface area (TPSA) is 133 Å². The highest BCUT2D eigenvalue weighted by molar-refractivity contribution is 7.89. The lowest BCUT2D eigenvalue weighted by atomic mass is 10.2. The minimum atomic E-state index is -3.83. The number of nitrogens with zero attached hydrogens (tertiary/aromatic N) is 2. The molecule has 3 rings (SSSR count). The van der Waals surface area contributed by atoms with Gasteiger partial charge in [0.05, 0.1) is 10.4 Å². The molecule has 11 heteroatoms. The third-order valence-electron chi connectivity index (χ3n) is 3.37. The largest absolute Gasteiger partial charge is 0.493 e. The molecule has 0 saturated carbocycles. The molecule has 0 fully saturated rings. The average Bonchev–Trinajstić information content (AvgIpc) is 2.86. The normalized spacial score (nSPS) is 11.9. The van der Waals surface area contributed by atoms with Gasteiger partial charge in [-0.05, 0) is 48.6 Å². The smallest absolute Gasteiger partial charge is 0.238 e. The number of rotatable bonds is 3. The molecule has 26 heavy (non-hydrogen) atoms. The first-order valence-corrected chi connectivity index (χ1v) is 9.43. The first kappa shape index (κ1) is 18.3. The number of aromatic hydroxyl groups is 1. The van der Waals surface area contributed by atoms with Crippen molar-refractivity contribution in [3.8, 4) is 5.88 Å². The number of nitrogens with one attached hydrogen (secondary N) is 2. The molecule has 8 nitrogen and oxygen atoms in total. The van der Waals surface area contributed by atoms with E-state index in [0.717, 1.165) is 0 Å². The molecule has 0 aliphatic carbocycles. The number of sulfonamides is 1. The van der Waals surface area contributed by atoms with Crippen LogP contribution in [0.4, 0.5) is 11.4 Å². The maximum Gasteiger partial charge on any atom is 0.238 e. The molecule has 2 aromatic carbocycles. The lowest BCUT2D eigenvalue weighted by molar-refractivity contribution is 0.459. The molecule has 5 N–H and O–H groups in total. The van der Waals surface area contributed by atoms with Gasteiger partial charge in [0.15, 0.2) is 5.69 Å². The lowest BCUT2D eigenvalue weighted by Crippen LogP contribution is -2.13. The number of H-pyrrole nitrogens is 1. The third kappa shape index (κ3) is 3.99. The summed E-state index contributed by atoms with van der Waals surface area (Å²) < 4.78 is 22.7. The van der Waals surface area contributed by atoms with E-state index in [1.165, 1.54) is 18.2 Å². The second-order valence-corrected chi connectivity index (χ2v) is 7.60. The number of hydrogen-bond donors (Lipinski definition) is 4. The summed E-state index contributed by atoms with van der Waals surface area (Å²) in [4.78, 5) is 2.68. The van der Waals surface area contributed by atoms with Crippen LogP contribution in [-0.2, 0) is 10.0 Å². The number of aromatic nitrogens is 1. The summed E-state index contributed by atoms with van der Waals surface area (Å²) in [5, 5.41) is 26.7. The molecule has 0 aliphatic rings. The fraction of sp³-hybridized carbons (Fsp3) is 0. The number of anilines is 1. The van der Waals surface area contributed by atoms with Crippen molar-refractivity contribution < 1.29 is 13.5 Å². The van der Waals surface area contributed by atoms with E-state index in [9.17, 15) is 13.5 Å². The van der Waals surface area contributed by atoms with Crippen LogP contribution in [0.1, 0.15) is 0 Å². The van der Waals surface area contributed by atoms with Gasteiger partial charge in [-0.15, -0.1) is 10.2 Å². The molecule has 3 aromatic rings. The van der Waals surface area contributed by atoms with Gasteiger partial charge in [-0.1, -0.05) is 17.7 Å². The molecule has 0 amide bonds. The minimum Gasteiger partial charge on any atom is -0.493 e. The van der Waals surface area contributed by atoms with Crippen molar-refractivity contribution >= 4 is 61.2 Å². The van der Waals surface area contributed by atoms with E-state index in [0.29, 0.717) is 21.6 Å². The Hall–Kier alpha value is -2.53. The molecular weight excluding hydrogens is 398 g/mol. The maximum atomic E-state index is 11.4. The predicted molar refractivity (Wildman–Crippen MR) is 104 cm³/mol. The minimum absolute atomic E-state index is 0.0284. The van der Waals surface area contributed by atoms with Gasteiger partial charge in [0.25, 0.3) is 0 Å². The maximum absolute atomic E-state index is 11.4. The van der Waals surface area contributed by atoms with Crippen molar-refractivity contribution in [2.75, 3.05) is 5.32 Å². The van der Waals surface area contributed by atoms with Crippen LogP contribution < -0.4 is 10.5 Å². The van der Waals surface area contributed by atoms with Crippen molar-refractivity contribution in [3.05, 3.63) is 47.5 Å². The Morgan fingerprint density at radius 2 is 2.04 bits per heavy atom. The Morgan fingerprint density at radius 3 is 2.77 bits per heavy atom. The number of benzene rings is 2. The molecule has 0 bridgehead atoms. The second-order valence-electron chi connectivity index (χ2n) is 5.22. The molecule has 0 spiro atoms. The van der Waals surface area contributed by atoms with E-state index in [1.807, 2.05) is 0 Å². The van der Waals surface area contributed by atoms with Gasteiger partial charge in [0.1, 0.15) is 0 Å². The summed E-state index contributed by atoms with van der Waals surface area (Å²) in [5.74, 6) is -0.176. The van der Waals surface area contributed by atoms with Gasteiger partial charge in [0.2, 0.25) is 21.0 Å². The van der Waals surface area contributed by atoms with E-state index in [2.05, 4.69) is 20.5 Å². The van der Waals surface area contributed by atoms with Crippen LogP contribution in [0.2, 0.25) is 5.02 Å². The zero-order chi connectivity index (χ0) is 18.9.